The number of nitrogens with one attached hydrogen (secondary N) is 1. The summed E-state index contributed by atoms with van der Waals surface area (Å²) in [5, 5.41) is 13.8. The maximum Gasteiger partial charge on any atom is 0.119 e. The number of hydrogen-bond acceptors (Lipinski definition) is 4. The molecule has 1 saturated heterocycles. The maximum absolute atomic E-state index is 10.4. The lowest BCUT2D eigenvalue weighted by molar-refractivity contribution is 0.136. The van der Waals surface area contributed by atoms with Crippen molar-refractivity contribution in [1.29, 1.82) is 0 Å². The molecule has 20 heavy (non-hydrogen) atoms. The first-order valence-electron chi connectivity index (χ1n) is 7.52. The van der Waals surface area contributed by atoms with E-state index >= 15 is 0 Å². The highest BCUT2D eigenvalue weighted by atomic mass is 16.5. The van der Waals surface area contributed by atoms with E-state index in [1.54, 1.807) is 7.11 Å². The molecule has 1 aromatic rings. The van der Waals surface area contributed by atoms with Crippen LogP contribution in [0.2, 0.25) is 0 Å². The summed E-state index contributed by atoms with van der Waals surface area (Å²) in [6, 6.07) is 5.96. The lowest BCUT2D eigenvalue weighted by atomic mass is 9.98. The first kappa shape index (κ1) is 15.3. The van der Waals surface area contributed by atoms with Crippen molar-refractivity contribution in [3.8, 4) is 5.75 Å². The van der Waals surface area contributed by atoms with Gasteiger partial charge >= 0.3 is 0 Å². The largest absolute Gasteiger partial charge is 0.497 e. The molecule has 1 atom stereocenters. The van der Waals surface area contributed by atoms with E-state index in [9.17, 15) is 5.11 Å². The van der Waals surface area contributed by atoms with E-state index in [2.05, 4.69) is 17.1 Å². The first-order valence-corrected chi connectivity index (χ1v) is 7.52. The Kier molecular flexibility index (Phi) is 5.83. The zero-order valence-corrected chi connectivity index (χ0v) is 12.6. The molecule has 0 spiro atoms. The van der Waals surface area contributed by atoms with Gasteiger partial charge in [-0.1, -0.05) is 13.0 Å². The molecule has 4 heteroatoms. The van der Waals surface area contributed by atoms with Crippen molar-refractivity contribution in [3.63, 3.8) is 0 Å². The third-order valence-corrected chi connectivity index (χ3v) is 4.02. The average molecular weight is 278 g/mol. The Morgan fingerprint density at radius 2 is 2.10 bits per heavy atom. The molecule has 4 nitrogen and oxygen atoms in total. The molecule has 0 aromatic heterocycles. The summed E-state index contributed by atoms with van der Waals surface area (Å²) < 4.78 is 5.25. The monoisotopic (exact) mass is 278 g/mol. The molecule has 0 amide bonds. The van der Waals surface area contributed by atoms with E-state index in [-0.39, 0.29) is 6.10 Å². The zero-order valence-electron chi connectivity index (χ0n) is 12.6. The summed E-state index contributed by atoms with van der Waals surface area (Å²) in [5.41, 5.74) is 2.22. The predicted molar refractivity (Wildman–Crippen MR) is 81.3 cm³/mol. The predicted octanol–water partition coefficient (Wildman–Crippen LogP) is 1.59. The molecule has 1 aromatic carbocycles. The van der Waals surface area contributed by atoms with Gasteiger partial charge in [0.1, 0.15) is 5.75 Å². The Labute approximate surface area is 121 Å². The molecule has 2 N–H and O–H groups in total. The van der Waals surface area contributed by atoms with E-state index in [0.29, 0.717) is 0 Å². The highest BCUT2D eigenvalue weighted by Gasteiger charge is 2.15. The van der Waals surface area contributed by atoms with Crippen LogP contribution in [-0.4, -0.2) is 49.8 Å². The fourth-order valence-corrected chi connectivity index (χ4v) is 2.74. The summed E-state index contributed by atoms with van der Waals surface area (Å²) in [6.07, 6.45) is 1.32. The average Bonchev–Trinajstić information content (AvgIpc) is 2.52. The Bertz CT molecular complexity index is 417. The van der Waals surface area contributed by atoms with E-state index < -0.39 is 0 Å². The van der Waals surface area contributed by atoms with Gasteiger partial charge in [0.05, 0.1) is 13.2 Å². The summed E-state index contributed by atoms with van der Waals surface area (Å²) >= 11 is 0. The van der Waals surface area contributed by atoms with Crippen LogP contribution in [0.5, 0.6) is 5.75 Å². The van der Waals surface area contributed by atoms with E-state index in [0.717, 1.165) is 56.9 Å². The van der Waals surface area contributed by atoms with Crippen LogP contribution in [0, 0.1) is 0 Å². The second kappa shape index (κ2) is 7.62. The Morgan fingerprint density at radius 1 is 1.35 bits per heavy atom. The van der Waals surface area contributed by atoms with E-state index in [1.165, 1.54) is 5.56 Å². The molecule has 2 rings (SSSR count). The minimum Gasteiger partial charge on any atom is -0.497 e. The molecule has 1 aliphatic rings. The molecule has 0 aliphatic carbocycles. The molecule has 0 saturated carbocycles. The minimum absolute atomic E-state index is 0.384. The van der Waals surface area contributed by atoms with Gasteiger partial charge in [0.2, 0.25) is 0 Å². The van der Waals surface area contributed by atoms with Crippen LogP contribution < -0.4 is 10.1 Å². The quantitative estimate of drug-likeness (QED) is 0.829. The van der Waals surface area contributed by atoms with Crippen LogP contribution in [0.1, 0.15) is 30.6 Å². The molecule has 1 heterocycles. The number of piperazine rings is 1. The molecule has 0 bridgehead atoms. The van der Waals surface area contributed by atoms with Gasteiger partial charge in [-0.25, -0.2) is 0 Å². The van der Waals surface area contributed by atoms with Crippen molar-refractivity contribution in [3.05, 3.63) is 29.3 Å². The van der Waals surface area contributed by atoms with Crippen molar-refractivity contribution in [2.24, 2.45) is 0 Å². The SMILES string of the molecule is CCc1cc(OC)ccc1C(O)CCN1CCNCC1. The van der Waals surface area contributed by atoms with Crippen LogP contribution in [-0.2, 0) is 6.42 Å². The summed E-state index contributed by atoms with van der Waals surface area (Å²) in [7, 11) is 1.68. The van der Waals surface area contributed by atoms with Crippen molar-refractivity contribution in [2.45, 2.75) is 25.9 Å². The molecule has 112 valence electrons. The Hall–Kier alpha value is -1.10. The molecule has 1 fully saturated rings. The smallest absolute Gasteiger partial charge is 0.119 e. The summed E-state index contributed by atoms with van der Waals surface area (Å²) in [4.78, 5) is 2.41. The van der Waals surface area contributed by atoms with Crippen LogP contribution >= 0.6 is 0 Å². The number of benzene rings is 1. The molecule has 1 aliphatic heterocycles. The summed E-state index contributed by atoms with van der Waals surface area (Å²) in [5.74, 6) is 0.861. The van der Waals surface area contributed by atoms with E-state index in [1.807, 2.05) is 18.2 Å². The van der Waals surface area contributed by atoms with Gasteiger partial charge < -0.3 is 20.1 Å². The fourth-order valence-electron chi connectivity index (χ4n) is 2.74. The van der Waals surface area contributed by atoms with Gasteiger partial charge in [0.15, 0.2) is 0 Å². The van der Waals surface area contributed by atoms with Crippen molar-refractivity contribution >= 4 is 0 Å². The second-order valence-corrected chi connectivity index (χ2v) is 5.31. The molecular weight excluding hydrogens is 252 g/mol. The standard InChI is InChI=1S/C16H26N2O2/c1-3-13-12-14(20-2)4-5-15(13)16(19)6-9-18-10-7-17-8-11-18/h4-5,12,16-17,19H,3,6-11H2,1-2H3. The summed E-state index contributed by atoms with van der Waals surface area (Å²) in [6.45, 7) is 7.34. The van der Waals surface area contributed by atoms with Crippen LogP contribution in [0.4, 0.5) is 0 Å². The number of methoxy groups -OCH3 is 1. The van der Waals surface area contributed by atoms with Gasteiger partial charge in [-0.3, -0.25) is 0 Å². The van der Waals surface area contributed by atoms with Gasteiger partial charge in [-0.15, -0.1) is 0 Å². The number of ether oxygens (including phenoxy) is 1. The van der Waals surface area contributed by atoms with Crippen molar-refractivity contribution in [2.75, 3.05) is 39.8 Å². The number of aliphatic hydroxyl groups is 1. The van der Waals surface area contributed by atoms with Gasteiger partial charge in [0.25, 0.3) is 0 Å². The van der Waals surface area contributed by atoms with Gasteiger partial charge in [-0.05, 0) is 36.1 Å². The molecule has 0 radical (unpaired) electrons. The molecular formula is C16H26N2O2. The Balaban J connectivity index is 1.95. The highest BCUT2D eigenvalue weighted by molar-refractivity contribution is 5.37. The third-order valence-electron chi connectivity index (χ3n) is 4.02. The number of rotatable bonds is 6. The van der Waals surface area contributed by atoms with E-state index in [4.69, 9.17) is 4.74 Å². The lowest BCUT2D eigenvalue weighted by Crippen LogP contribution is -2.44. The van der Waals surface area contributed by atoms with Crippen LogP contribution in [0.25, 0.3) is 0 Å². The zero-order chi connectivity index (χ0) is 14.4. The fraction of sp³-hybridized carbons (Fsp3) is 0.625. The van der Waals surface area contributed by atoms with Crippen molar-refractivity contribution < 1.29 is 9.84 Å². The number of nitrogens with zero attached hydrogens (tertiary/aromatic N) is 1. The third kappa shape index (κ3) is 3.95. The number of aryl methyl sites for hydroxylation is 1. The topological polar surface area (TPSA) is 44.7 Å². The van der Waals surface area contributed by atoms with Gasteiger partial charge in [-0.2, -0.15) is 0 Å². The highest BCUT2D eigenvalue weighted by Crippen LogP contribution is 2.25. The number of aliphatic hydroxyl groups excluding tert-OH is 1. The second-order valence-electron chi connectivity index (χ2n) is 5.31. The maximum atomic E-state index is 10.4. The first-order chi connectivity index (χ1) is 9.74. The Morgan fingerprint density at radius 3 is 2.75 bits per heavy atom. The number of hydrogen-bond donors (Lipinski definition) is 2. The molecule has 1 unspecified atom stereocenters. The van der Waals surface area contributed by atoms with Crippen molar-refractivity contribution in [1.82, 2.24) is 10.2 Å². The normalized spacial score (nSPS) is 17.9. The van der Waals surface area contributed by atoms with Crippen LogP contribution in [0.15, 0.2) is 18.2 Å². The lowest BCUT2D eigenvalue weighted by Gasteiger charge is -2.28. The minimum atomic E-state index is -0.384. The van der Waals surface area contributed by atoms with Crippen LogP contribution in [0.3, 0.4) is 0 Å². The van der Waals surface area contributed by atoms with Gasteiger partial charge in [0, 0.05) is 32.7 Å².